The molecule has 3 rings (SSSR count). The van der Waals surface area contributed by atoms with Gasteiger partial charge in [-0.3, -0.25) is 0 Å². The third-order valence-electron chi connectivity index (χ3n) is 6.77. The first-order chi connectivity index (χ1) is 17.7. The van der Waals surface area contributed by atoms with Crippen LogP contribution in [-0.4, -0.2) is 26.7 Å². The summed E-state index contributed by atoms with van der Waals surface area (Å²) in [5, 5.41) is 19.9. The van der Waals surface area contributed by atoms with Gasteiger partial charge in [0.15, 0.2) is 0 Å². The van der Waals surface area contributed by atoms with E-state index in [1.807, 2.05) is 12.1 Å². The van der Waals surface area contributed by atoms with Gasteiger partial charge in [0.1, 0.15) is 28.2 Å². The minimum atomic E-state index is 0.0888. The highest BCUT2D eigenvalue weighted by molar-refractivity contribution is 6.31. The third kappa shape index (κ3) is 10.0. The van der Waals surface area contributed by atoms with Crippen LogP contribution >= 0.6 is 11.6 Å². The zero-order chi connectivity index (χ0) is 25.4. The largest absolute Gasteiger partial charge is 0.505 e. The number of ether oxygens (including phenoxy) is 1. The first-order valence-corrected chi connectivity index (χ1v) is 14.5. The Morgan fingerprint density at radius 3 is 1.83 bits per heavy atom. The molecule has 5 nitrogen and oxygen atoms in total. The van der Waals surface area contributed by atoms with Crippen LogP contribution in [0.1, 0.15) is 110 Å². The highest BCUT2D eigenvalue weighted by Gasteiger charge is 2.10. The monoisotopic (exact) mass is 513 g/mol. The van der Waals surface area contributed by atoms with Crippen molar-refractivity contribution in [1.82, 2.24) is 15.0 Å². The highest BCUT2D eigenvalue weighted by Crippen LogP contribution is 2.27. The third-order valence-corrected chi connectivity index (χ3v) is 7.01. The molecule has 1 aromatic heterocycles. The van der Waals surface area contributed by atoms with E-state index in [0.29, 0.717) is 28.6 Å². The van der Waals surface area contributed by atoms with E-state index in [0.717, 1.165) is 11.9 Å². The summed E-state index contributed by atoms with van der Waals surface area (Å²) in [7, 11) is 0. The van der Waals surface area contributed by atoms with Crippen molar-refractivity contribution in [3.63, 3.8) is 0 Å². The van der Waals surface area contributed by atoms with E-state index >= 15 is 0 Å². The number of hydrogen-bond acceptors (Lipinski definition) is 4. The number of aromatic nitrogens is 3. The Hall–Kier alpha value is -2.27. The van der Waals surface area contributed by atoms with E-state index in [4.69, 9.17) is 16.3 Å². The van der Waals surface area contributed by atoms with Crippen LogP contribution in [0.4, 0.5) is 0 Å². The maximum atomic E-state index is 10.5. The molecular formula is C30H44ClN3O2. The summed E-state index contributed by atoms with van der Waals surface area (Å²) in [4.78, 5) is 1.43. The lowest BCUT2D eigenvalue weighted by molar-refractivity contribution is 0.302. The van der Waals surface area contributed by atoms with Crippen LogP contribution in [0.3, 0.4) is 0 Å². The minimum Gasteiger partial charge on any atom is -0.505 e. The van der Waals surface area contributed by atoms with Crippen molar-refractivity contribution in [1.29, 1.82) is 0 Å². The van der Waals surface area contributed by atoms with Gasteiger partial charge in [-0.2, -0.15) is 0 Å². The molecule has 0 spiro atoms. The number of hydrogen-bond donors (Lipinski definition) is 1. The standard InChI is InChI=1S/C30H44ClN3O2/c1-2-3-4-5-6-7-8-9-10-11-12-13-14-15-16-17-22-36-26-19-21-29(30(35)24-26)34-32-27-20-18-25(31)23-28(27)33-34/h18-21,23-24,35H,2-17,22H2,1H3. The summed E-state index contributed by atoms with van der Waals surface area (Å²) in [6, 6.07) is 10.6. The number of fused-ring (bicyclic) bond motifs is 1. The average molecular weight is 514 g/mol. The number of phenolic OH excluding ortho intramolecular Hbond substituents is 1. The maximum absolute atomic E-state index is 10.5. The van der Waals surface area contributed by atoms with Crippen molar-refractivity contribution in [2.24, 2.45) is 0 Å². The Balaban J connectivity index is 1.20. The number of unbranched alkanes of at least 4 members (excludes halogenated alkanes) is 15. The van der Waals surface area contributed by atoms with Gasteiger partial charge in [0.25, 0.3) is 0 Å². The number of aromatic hydroxyl groups is 1. The van der Waals surface area contributed by atoms with Crippen molar-refractivity contribution in [3.05, 3.63) is 41.4 Å². The molecule has 0 radical (unpaired) electrons. The number of nitrogens with zero attached hydrogens (tertiary/aromatic N) is 3. The van der Waals surface area contributed by atoms with Crippen molar-refractivity contribution in [2.45, 2.75) is 110 Å². The molecule has 1 N–H and O–H groups in total. The van der Waals surface area contributed by atoms with E-state index in [1.165, 1.54) is 101 Å². The van der Waals surface area contributed by atoms with Gasteiger partial charge in [0.05, 0.1) is 6.61 Å². The molecule has 0 amide bonds. The van der Waals surface area contributed by atoms with Crippen LogP contribution in [-0.2, 0) is 0 Å². The first kappa shape index (κ1) is 28.3. The van der Waals surface area contributed by atoms with E-state index in [1.54, 1.807) is 24.3 Å². The smallest absolute Gasteiger partial charge is 0.146 e. The molecule has 0 saturated heterocycles. The zero-order valence-electron chi connectivity index (χ0n) is 22.1. The first-order valence-electron chi connectivity index (χ1n) is 14.2. The number of rotatable bonds is 19. The van der Waals surface area contributed by atoms with Gasteiger partial charge in [-0.1, -0.05) is 115 Å². The van der Waals surface area contributed by atoms with Gasteiger partial charge in [0.2, 0.25) is 0 Å². The molecule has 0 fully saturated rings. The molecule has 0 aliphatic heterocycles. The topological polar surface area (TPSA) is 60.2 Å². The Morgan fingerprint density at radius 1 is 0.694 bits per heavy atom. The van der Waals surface area contributed by atoms with Gasteiger partial charge in [-0.05, 0) is 36.8 Å². The average Bonchev–Trinajstić information content (AvgIpc) is 3.28. The lowest BCUT2D eigenvalue weighted by Gasteiger charge is -2.09. The highest BCUT2D eigenvalue weighted by atomic mass is 35.5. The van der Waals surface area contributed by atoms with Crippen LogP contribution in [0.25, 0.3) is 16.7 Å². The minimum absolute atomic E-state index is 0.0888. The summed E-state index contributed by atoms with van der Waals surface area (Å²) in [5.41, 5.74) is 1.92. The molecule has 0 aliphatic rings. The molecule has 3 aromatic rings. The fraction of sp³-hybridized carbons (Fsp3) is 0.600. The van der Waals surface area contributed by atoms with Crippen molar-refractivity contribution in [2.75, 3.05) is 6.61 Å². The Bertz CT molecular complexity index is 1020. The molecule has 0 aliphatic carbocycles. The Kier molecular flexibility index (Phi) is 12.9. The van der Waals surface area contributed by atoms with E-state index in [2.05, 4.69) is 17.1 Å². The molecule has 198 valence electrons. The van der Waals surface area contributed by atoms with E-state index < -0.39 is 0 Å². The molecule has 0 atom stereocenters. The van der Waals surface area contributed by atoms with Crippen LogP contribution in [0.2, 0.25) is 5.02 Å². The molecule has 0 unspecified atom stereocenters. The molecule has 0 saturated carbocycles. The molecular weight excluding hydrogens is 470 g/mol. The lowest BCUT2D eigenvalue weighted by Crippen LogP contribution is -2.01. The second-order valence-corrected chi connectivity index (χ2v) is 10.4. The Labute approximate surface area is 222 Å². The second-order valence-electron chi connectivity index (χ2n) is 9.92. The predicted molar refractivity (Wildman–Crippen MR) is 151 cm³/mol. The summed E-state index contributed by atoms with van der Waals surface area (Å²) < 4.78 is 5.84. The summed E-state index contributed by atoms with van der Waals surface area (Å²) in [6.45, 7) is 2.95. The molecule has 1 heterocycles. The fourth-order valence-corrected chi connectivity index (χ4v) is 4.76. The quantitative estimate of drug-likeness (QED) is 0.162. The van der Waals surface area contributed by atoms with Crippen molar-refractivity contribution >= 4 is 22.6 Å². The van der Waals surface area contributed by atoms with Crippen LogP contribution in [0, 0.1) is 0 Å². The van der Waals surface area contributed by atoms with Gasteiger partial charge in [-0.15, -0.1) is 15.0 Å². The predicted octanol–water partition coefficient (Wildman–Crippen LogP) is 9.42. The number of benzene rings is 2. The summed E-state index contributed by atoms with van der Waals surface area (Å²) in [5.74, 6) is 0.753. The maximum Gasteiger partial charge on any atom is 0.146 e. The van der Waals surface area contributed by atoms with E-state index in [9.17, 15) is 5.11 Å². The summed E-state index contributed by atoms with van der Waals surface area (Å²) in [6.07, 6.45) is 21.7. The van der Waals surface area contributed by atoms with Crippen molar-refractivity contribution < 1.29 is 9.84 Å². The van der Waals surface area contributed by atoms with Crippen LogP contribution in [0.5, 0.6) is 11.5 Å². The van der Waals surface area contributed by atoms with Gasteiger partial charge < -0.3 is 9.84 Å². The normalized spacial score (nSPS) is 11.4. The lowest BCUT2D eigenvalue weighted by atomic mass is 10.0. The second kappa shape index (κ2) is 16.5. The molecule has 0 bridgehead atoms. The zero-order valence-corrected chi connectivity index (χ0v) is 22.8. The van der Waals surface area contributed by atoms with Gasteiger partial charge in [0, 0.05) is 11.1 Å². The van der Waals surface area contributed by atoms with Crippen LogP contribution < -0.4 is 4.74 Å². The Morgan fingerprint density at radius 2 is 1.25 bits per heavy atom. The van der Waals surface area contributed by atoms with E-state index in [-0.39, 0.29) is 5.75 Å². The molecule has 2 aromatic carbocycles. The molecule has 6 heteroatoms. The van der Waals surface area contributed by atoms with Gasteiger partial charge in [-0.25, -0.2) is 0 Å². The number of phenols is 1. The van der Waals surface area contributed by atoms with Crippen LogP contribution in [0.15, 0.2) is 36.4 Å². The number of halogens is 1. The summed E-state index contributed by atoms with van der Waals surface area (Å²) >= 11 is 6.02. The SMILES string of the molecule is CCCCCCCCCCCCCCCCCCOc1ccc(-n2nc3ccc(Cl)cc3n2)c(O)c1. The molecule has 36 heavy (non-hydrogen) atoms. The van der Waals surface area contributed by atoms with Crippen molar-refractivity contribution in [3.8, 4) is 17.2 Å². The van der Waals surface area contributed by atoms with Gasteiger partial charge >= 0.3 is 0 Å². The fourth-order valence-electron chi connectivity index (χ4n) is 4.60.